The third-order valence-corrected chi connectivity index (χ3v) is 6.15. The molecule has 34 heavy (non-hydrogen) atoms. The van der Waals surface area contributed by atoms with Crippen molar-refractivity contribution in [3.8, 4) is 22.8 Å². The lowest BCUT2D eigenvalue weighted by atomic mass is 9.94. The average Bonchev–Trinajstić information content (AvgIpc) is 3.27. The fourth-order valence-corrected chi connectivity index (χ4v) is 4.18. The number of ether oxygens (including phenoxy) is 3. The van der Waals surface area contributed by atoms with Gasteiger partial charge in [0.1, 0.15) is 5.69 Å². The van der Waals surface area contributed by atoms with Crippen molar-refractivity contribution >= 4 is 17.4 Å². The van der Waals surface area contributed by atoms with Gasteiger partial charge in [-0.3, -0.25) is 5.10 Å². The summed E-state index contributed by atoms with van der Waals surface area (Å²) in [5.41, 5.74) is 4.97. The van der Waals surface area contributed by atoms with E-state index in [-0.39, 0.29) is 11.9 Å². The summed E-state index contributed by atoms with van der Waals surface area (Å²) >= 11 is 0. The number of methoxy groups -OCH3 is 2. The summed E-state index contributed by atoms with van der Waals surface area (Å²) in [6.07, 6.45) is 1.72. The second kappa shape index (κ2) is 10.6. The molecule has 0 spiro atoms. The molecule has 8 nitrogen and oxygen atoms in total. The van der Waals surface area contributed by atoms with E-state index in [1.165, 1.54) is 5.56 Å². The zero-order chi connectivity index (χ0) is 24.1. The number of carbonyl (C=O) groups is 1. The molecule has 1 saturated heterocycles. The molecular formula is C26H32N4O4. The molecule has 3 aromatic rings. The van der Waals surface area contributed by atoms with E-state index in [1.807, 2.05) is 42.5 Å². The van der Waals surface area contributed by atoms with Crippen molar-refractivity contribution in [2.45, 2.75) is 38.5 Å². The van der Waals surface area contributed by atoms with Crippen LogP contribution in [0, 0.1) is 0 Å². The highest BCUT2D eigenvalue weighted by molar-refractivity contribution is 6.02. The molecule has 3 N–H and O–H groups in total. The van der Waals surface area contributed by atoms with E-state index in [9.17, 15) is 4.79 Å². The van der Waals surface area contributed by atoms with Gasteiger partial charge in [0.2, 0.25) is 0 Å². The quantitative estimate of drug-likeness (QED) is 0.413. The standard InChI is InChI=1S/C26H32N4O4/c1-16(2)17-5-8-20(9-6-17)27-26(31)28-25-23(18-11-13-34-14-12-18)29-30-24(25)19-7-10-21(32-3)22(15-19)33-4/h5-10,15-16,18H,11-14H2,1-4H3,(H,29,30)(H2,27,28,31). The van der Waals surface area contributed by atoms with Gasteiger partial charge in [-0.1, -0.05) is 26.0 Å². The van der Waals surface area contributed by atoms with Crippen LogP contribution in [0.4, 0.5) is 16.2 Å². The lowest BCUT2D eigenvalue weighted by Crippen LogP contribution is -2.22. The summed E-state index contributed by atoms with van der Waals surface area (Å²) < 4.78 is 16.4. The van der Waals surface area contributed by atoms with Crippen molar-refractivity contribution in [3.63, 3.8) is 0 Å². The molecule has 0 saturated carbocycles. The molecule has 4 rings (SSSR count). The number of benzene rings is 2. The number of H-pyrrole nitrogens is 1. The first-order valence-corrected chi connectivity index (χ1v) is 11.6. The first-order valence-electron chi connectivity index (χ1n) is 11.6. The van der Waals surface area contributed by atoms with Gasteiger partial charge in [-0.15, -0.1) is 0 Å². The van der Waals surface area contributed by atoms with Crippen molar-refractivity contribution < 1.29 is 19.0 Å². The molecule has 1 aromatic heterocycles. The van der Waals surface area contributed by atoms with Crippen LogP contribution in [0.3, 0.4) is 0 Å². The molecule has 1 aliphatic heterocycles. The molecule has 180 valence electrons. The Morgan fingerprint density at radius 3 is 2.38 bits per heavy atom. The summed E-state index contributed by atoms with van der Waals surface area (Å²) in [6, 6.07) is 13.2. The lowest BCUT2D eigenvalue weighted by Gasteiger charge is -2.22. The average molecular weight is 465 g/mol. The molecule has 2 aromatic carbocycles. The van der Waals surface area contributed by atoms with Gasteiger partial charge in [0.05, 0.1) is 25.6 Å². The number of amides is 2. The molecule has 0 aliphatic carbocycles. The Hall–Kier alpha value is -3.52. The maximum Gasteiger partial charge on any atom is 0.323 e. The zero-order valence-corrected chi connectivity index (χ0v) is 20.1. The minimum absolute atomic E-state index is 0.218. The third kappa shape index (κ3) is 5.17. The van der Waals surface area contributed by atoms with Crippen molar-refractivity contribution in [2.24, 2.45) is 0 Å². The summed E-state index contributed by atoms with van der Waals surface area (Å²) in [6.45, 7) is 5.65. The van der Waals surface area contributed by atoms with Crippen LogP contribution in [-0.4, -0.2) is 43.7 Å². The predicted molar refractivity (Wildman–Crippen MR) is 133 cm³/mol. The monoisotopic (exact) mass is 464 g/mol. The summed E-state index contributed by atoms with van der Waals surface area (Å²) in [4.78, 5) is 13.0. The molecule has 1 fully saturated rings. The second-order valence-corrected chi connectivity index (χ2v) is 8.67. The molecule has 8 heteroatoms. The number of urea groups is 1. The zero-order valence-electron chi connectivity index (χ0n) is 20.1. The first kappa shape index (κ1) is 23.6. The van der Waals surface area contributed by atoms with Crippen LogP contribution in [0.5, 0.6) is 11.5 Å². The van der Waals surface area contributed by atoms with Gasteiger partial charge in [0, 0.05) is 30.4 Å². The number of aromatic nitrogens is 2. The van der Waals surface area contributed by atoms with Crippen LogP contribution in [0.25, 0.3) is 11.3 Å². The van der Waals surface area contributed by atoms with Gasteiger partial charge in [-0.25, -0.2) is 4.79 Å². The summed E-state index contributed by atoms with van der Waals surface area (Å²) in [5, 5.41) is 13.7. The summed E-state index contributed by atoms with van der Waals surface area (Å²) in [5.74, 6) is 1.87. The van der Waals surface area contributed by atoms with Crippen molar-refractivity contribution in [1.82, 2.24) is 10.2 Å². The van der Waals surface area contributed by atoms with E-state index in [0.717, 1.165) is 29.8 Å². The molecule has 0 radical (unpaired) electrons. The fourth-order valence-electron chi connectivity index (χ4n) is 4.18. The number of hydrogen-bond donors (Lipinski definition) is 3. The number of rotatable bonds is 7. The maximum absolute atomic E-state index is 13.0. The van der Waals surface area contributed by atoms with Crippen LogP contribution in [0.15, 0.2) is 42.5 Å². The Morgan fingerprint density at radius 1 is 1.03 bits per heavy atom. The van der Waals surface area contributed by atoms with Gasteiger partial charge in [-0.05, 0) is 54.7 Å². The smallest absolute Gasteiger partial charge is 0.323 e. The number of nitrogens with one attached hydrogen (secondary N) is 3. The van der Waals surface area contributed by atoms with Crippen molar-refractivity contribution in [3.05, 3.63) is 53.7 Å². The highest BCUT2D eigenvalue weighted by Crippen LogP contribution is 2.39. The SMILES string of the molecule is COc1ccc(-c2n[nH]c(C3CCOCC3)c2NC(=O)Nc2ccc(C(C)C)cc2)cc1OC. The van der Waals surface area contributed by atoms with E-state index in [4.69, 9.17) is 14.2 Å². The predicted octanol–water partition coefficient (Wildman–Crippen LogP) is 5.76. The van der Waals surface area contributed by atoms with Crippen LogP contribution < -0.4 is 20.1 Å². The topological polar surface area (TPSA) is 97.5 Å². The van der Waals surface area contributed by atoms with Crippen LogP contribution in [0.1, 0.15) is 49.8 Å². The second-order valence-electron chi connectivity index (χ2n) is 8.67. The number of carbonyl (C=O) groups excluding carboxylic acids is 1. The number of hydrogen-bond acceptors (Lipinski definition) is 5. The van der Waals surface area contributed by atoms with E-state index in [0.29, 0.717) is 42.0 Å². The minimum atomic E-state index is -0.325. The highest BCUT2D eigenvalue weighted by atomic mass is 16.5. The van der Waals surface area contributed by atoms with Gasteiger partial charge in [0.25, 0.3) is 0 Å². The van der Waals surface area contributed by atoms with Gasteiger partial charge in [-0.2, -0.15) is 5.10 Å². The molecule has 2 amide bonds. The molecule has 2 heterocycles. The van der Waals surface area contributed by atoms with E-state index < -0.39 is 0 Å². The third-order valence-electron chi connectivity index (χ3n) is 6.15. The van der Waals surface area contributed by atoms with Crippen molar-refractivity contribution in [2.75, 3.05) is 38.1 Å². The first-order chi connectivity index (χ1) is 16.5. The Bertz CT molecular complexity index is 1120. The van der Waals surface area contributed by atoms with E-state index >= 15 is 0 Å². The maximum atomic E-state index is 13.0. The Morgan fingerprint density at radius 2 is 1.74 bits per heavy atom. The normalized spacial score (nSPS) is 14.1. The Labute approximate surface area is 200 Å². The van der Waals surface area contributed by atoms with Crippen LogP contribution >= 0.6 is 0 Å². The number of aromatic amines is 1. The van der Waals surface area contributed by atoms with E-state index in [1.54, 1.807) is 14.2 Å². The Balaban J connectivity index is 1.63. The summed E-state index contributed by atoms with van der Waals surface area (Å²) in [7, 11) is 3.19. The van der Waals surface area contributed by atoms with Gasteiger partial charge in [0.15, 0.2) is 11.5 Å². The van der Waals surface area contributed by atoms with Crippen LogP contribution in [-0.2, 0) is 4.74 Å². The lowest BCUT2D eigenvalue weighted by molar-refractivity contribution is 0.0846. The van der Waals surface area contributed by atoms with Gasteiger partial charge < -0.3 is 24.8 Å². The largest absolute Gasteiger partial charge is 0.493 e. The minimum Gasteiger partial charge on any atom is -0.493 e. The number of anilines is 2. The van der Waals surface area contributed by atoms with Crippen LogP contribution in [0.2, 0.25) is 0 Å². The highest BCUT2D eigenvalue weighted by Gasteiger charge is 2.26. The van der Waals surface area contributed by atoms with Crippen molar-refractivity contribution in [1.29, 1.82) is 0 Å². The van der Waals surface area contributed by atoms with Gasteiger partial charge >= 0.3 is 6.03 Å². The molecule has 0 atom stereocenters. The molecule has 0 bridgehead atoms. The fraction of sp³-hybridized carbons (Fsp3) is 0.385. The molecule has 0 unspecified atom stereocenters. The molecule has 1 aliphatic rings. The Kier molecular flexibility index (Phi) is 7.37. The molecular weight excluding hydrogens is 432 g/mol. The van der Waals surface area contributed by atoms with E-state index in [2.05, 4.69) is 34.7 Å². The number of nitrogens with zero attached hydrogens (tertiary/aromatic N) is 1.